The summed E-state index contributed by atoms with van der Waals surface area (Å²) in [7, 11) is 0. The van der Waals surface area contributed by atoms with Gasteiger partial charge in [-0.15, -0.1) is 16.4 Å². The summed E-state index contributed by atoms with van der Waals surface area (Å²) in [5.41, 5.74) is 2.84. The summed E-state index contributed by atoms with van der Waals surface area (Å²) >= 11 is 1.33. The number of thiophene rings is 1. The molecule has 6 nitrogen and oxygen atoms in total. The van der Waals surface area contributed by atoms with Crippen LogP contribution in [-0.2, 0) is 13.2 Å². The number of halogens is 1. The zero-order chi connectivity index (χ0) is 20.9. The molecule has 4 rings (SSSR count). The zero-order valence-corrected chi connectivity index (χ0v) is 17.0. The van der Waals surface area contributed by atoms with E-state index in [1.165, 1.54) is 35.4 Å². The Hall–Kier alpha value is -3.52. The standard InChI is InChI=1S/C22H19FN4O2S/c1-15-5-7-19(8-6-15)29-12-17-10-20(30-13-17)21(28)25-22-24-14-27(26-22)11-16-3-2-4-18(23)9-16/h2-10,13-14H,11-12H2,1H3,(H,25,26,28). The molecule has 0 radical (unpaired) electrons. The number of aromatic nitrogens is 3. The van der Waals surface area contributed by atoms with Crippen LogP contribution in [0.3, 0.4) is 0 Å². The lowest BCUT2D eigenvalue weighted by Gasteiger charge is -2.04. The molecule has 0 bridgehead atoms. The van der Waals surface area contributed by atoms with E-state index < -0.39 is 0 Å². The van der Waals surface area contributed by atoms with Crippen LogP contribution >= 0.6 is 11.3 Å². The third-order valence-corrected chi connectivity index (χ3v) is 5.28. The van der Waals surface area contributed by atoms with Crippen molar-refractivity contribution in [3.8, 4) is 5.75 Å². The van der Waals surface area contributed by atoms with Crippen LogP contribution in [0.5, 0.6) is 5.75 Å². The van der Waals surface area contributed by atoms with Crippen LogP contribution in [0.25, 0.3) is 0 Å². The first-order valence-electron chi connectivity index (χ1n) is 9.27. The lowest BCUT2D eigenvalue weighted by molar-refractivity contribution is 0.102. The maximum Gasteiger partial charge on any atom is 0.268 e. The molecule has 0 aliphatic rings. The first-order valence-corrected chi connectivity index (χ1v) is 10.2. The van der Waals surface area contributed by atoms with Crippen LogP contribution in [0.15, 0.2) is 66.3 Å². The van der Waals surface area contributed by atoms with Gasteiger partial charge in [0, 0.05) is 5.56 Å². The molecule has 4 aromatic rings. The van der Waals surface area contributed by atoms with Gasteiger partial charge >= 0.3 is 0 Å². The van der Waals surface area contributed by atoms with E-state index in [1.54, 1.807) is 22.9 Å². The molecule has 0 aliphatic carbocycles. The van der Waals surface area contributed by atoms with Crippen LogP contribution in [0.2, 0.25) is 0 Å². The van der Waals surface area contributed by atoms with Crippen molar-refractivity contribution in [2.75, 3.05) is 5.32 Å². The predicted molar refractivity (Wildman–Crippen MR) is 113 cm³/mol. The van der Waals surface area contributed by atoms with Gasteiger partial charge in [0.1, 0.15) is 24.5 Å². The van der Waals surface area contributed by atoms with Crippen LogP contribution < -0.4 is 10.1 Å². The molecule has 8 heteroatoms. The molecule has 2 aromatic heterocycles. The molecule has 0 unspecified atom stereocenters. The number of nitrogens with one attached hydrogen (secondary N) is 1. The van der Waals surface area contributed by atoms with E-state index in [9.17, 15) is 9.18 Å². The molecule has 0 fully saturated rings. The minimum Gasteiger partial charge on any atom is -0.489 e. The highest BCUT2D eigenvalue weighted by atomic mass is 32.1. The van der Waals surface area contributed by atoms with Crippen molar-refractivity contribution in [2.45, 2.75) is 20.1 Å². The summed E-state index contributed by atoms with van der Waals surface area (Å²) in [4.78, 5) is 17.1. The maximum absolute atomic E-state index is 13.3. The van der Waals surface area contributed by atoms with E-state index in [2.05, 4.69) is 15.4 Å². The Morgan fingerprint density at radius 3 is 2.80 bits per heavy atom. The Kier molecular flexibility index (Phi) is 5.85. The normalized spacial score (nSPS) is 10.7. The third kappa shape index (κ3) is 5.09. The average Bonchev–Trinajstić information content (AvgIpc) is 3.37. The van der Waals surface area contributed by atoms with Crippen molar-refractivity contribution >= 4 is 23.2 Å². The molecule has 2 heterocycles. The summed E-state index contributed by atoms with van der Waals surface area (Å²) in [6.07, 6.45) is 1.50. The Morgan fingerprint density at radius 2 is 2.00 bits per heavy atom. The topological polar surface area (TPSA) is 69.0 Å². The van der Waals surface area contributed by atoms with Crippen LogP contribution in [-0.4, -0.2) is 20.7 Å². The minimum absolute atomic E-state index is 0.197. The lowest BCUT2D eigenvalue weighted by Crippen LogP contribution is -2.12. The molecule has 1 amide bonds. The Morgan fingerprint density at radius 1 is 1.17 bits per heavy atom. The number of nitrogens with zero attached hydrogens (tertiary/aromatic N) is 3. The number of benzene rings is 2. The van der Waals surface area contributed by atoms with E-state index in [4.69, 9.17) is 4.74 Å². The summed E-state index contributed by atoms with van der Waals surface area (Å²) in [6.45, 7) is 2.76. The first kappa shape index (κ1) is 19.8. The van der Waals surface area contributed by atoms with Crippen LogP contribution in [0, 0.1) is 12.7 Å². The Balaban J connectivity index is 1.33. The number of rotatable bonds is 7. The fourth-order valence-corrected chi connectivity index (χ4v) is 3.58. The van der Waals surface area contributed by atoms with Crippen molar-refractivity contribution in [2.24, 2.45) is 0 Å². The van der Waals surface area contributed by atoms with Gasteiger partial charge in [0.2, 0.25) is 5.95 Å². The molecule has 152 valence electrons. The molecule has 30 heavy (non-hydrogen) atoms. The van der Waals surface area contributed by atoms with Crippen molar-refractivity contribution < 1.29 is 13.9 Å². The maximum atomic E-state index is 13.3. The van der Waals surface area contributed by atoms with Gasteiger partial charge in [0.05, 0.1) is 11.4 Å². The number of carbonyl (C=O) groups is 1. The van der Waals surface area contributed by atoms with Crippen molar-refractivity contribution in [1.29, 1.82) is 0 Å². The van der Waals surface area contributed by atoms with Crippen molar-refractivity contribution in [3.05, 3.63) is 93.7 Å². The average molecular weight is 422 g/mol. The summed E-state index contributed by atoms with van der Waals surface area (Å²) in [6, 6.07) is 15.9. The first-order chi connectivity index (χ1) is 14.5. The van der Waals surface area contributed by atoms with E-state index >= 15 is 0 Å². The van der Waals surface area contributed by atoms with Gasteiger partial charge in [-0.3, -0.25) is 10.1 Å². The monoisotopic (exact) mass is 422 g/mol. The van der Waals surface area contributed by atoms with Crippen molar-refractivity contribution in [3.63, 3.8) is 0 Å². The summed E-state index contributed by atoms with van der Waals surface area (Å²) < 4.78 is 20.6. The predicted octanol–water partition coefficient (Wildman–Crippen LogP) is 4.67. The molecule has 2 aromatic carbocycles. The van der Waals surface area contributed by atoms with Gasteiger partial charge in [0.15, 0.2) is 0 Å². The number of hydrogen-bond donors (Lipinski definition) is 1. The highest BCUT2D eigenvalue weighted by molar-refractivity contribution is 7.12. The van der Waals surface area contributed by atoms with Gasteiger partial charge in [-0.25, -0.2) is 14.1 Å². The smallest absolute Gasteiger partial charge is 0.268 e. The highest BCUT2D eigenvalue weighted by Crippen LogP contribution is 2.19. The lowest BCUT2D eigenvalue weighted by atomic mass is 10.2. The molecule has 0 aliphatic heterocycles. The van der Waals surface area contributed by atoms with Gasteiger partial charge in [-0.1, -0.05) is 29.8 Å². The second-order valence-corrected chi connectivity index (χ2v) is 7.68. The highest BCUT2D eigenvalue weighted by Gasteiger charge is 2.12. The number of carbonyl (C=O) groups excluding carboxylic acids is 1. The summed E-state index contributed by atoms with van der Waals surface area (Å²) in [5, 5.41) is 8.79. The molecule has 0 spiro atoms. The molecular formula is C22H19FN4O2S. The molecule has 0 saturated carbocycles. The third-order valence-electron chi connectivity index (χ3n) is 4.30. The zero-order valence-electron chi connectivity index (χ0n) is 16.2. The summed E-state index contributed by atoms with van der Waals surface area (Å²) in [5.74, 6) is 0.388. The molecule has 0 saturated heterocycles. The molecule has 0 atom stereocenters. The number of ether oxygens (including phenoxy) is 1. The van der Waals surface area contributed by atoms with Gasteiger partial charge < -0.3 is 4.74 Å². The van der Waals surface area contributed by atoms with Gasteiger partial charge in [0.25, 0.3) is 5.91 Å². The number of anilines is 1. The second-order valence-electron chi connectivity index (χ2n) is 6.77. The van der Waals surface area contributed by atoms with E-state index in [0.717, 1.165) is 16.9 Å². The fourth-order valence-electron chi connectivity index (χ4n) is 2.79. The second kappa shape index (κ2) is 8.87. The number of aryl methyl sites for hydroxylation is 1. The van der Waals surface area contributed by atoms with Crippen LogP contribution in [0.1, 0.15) is 26.4 Å². The van der Waals surface area contributed by atoms with E-state index in [1.807, 2.05) is 36.6 Å². The minimum atomic E-state index is -0.305. The van der Waals surface area contributed by atoms with Gasteiger partial charge in [-0.05, 0) is 48.2 Å². The molecule has 1 N–H and O–H groups in total. The van der Waals surface area contributed by atoms with Gasteiger partial charge in [-0.2, -0.15) is 0 Å². The number of hydrogen-bond acceptors (Lipinski definition) is 5. The van der Waals surface area contributed by atoms with E-state index in [0.29, 0.717) is 18.0 Å². The fraction of sp³-hybridized carbons (Fsp3) is 0.136. The Labute approximate surface area is 177 Å². The number of amides is 1. The van der Waals surface area contributed by atoms with Crippen LogP contribution in [0.4, 0.5) is 10.3 Å². The van der Waals surface area contributed by atoms with Crippen molar-refractivity contribution in [1.82, 2.24) is 14.8 Å². The Bertz CT molecular complexity index is 1150. The molecular weight excluding hydrogens is 403 g/mol. The SMILES string of the molecule is Cc1ccc(OCc2csc(C(=O)Nc3ncn(Cc4cccc(F)c4)n3)c2)cc1. The van der Waals surface area contributed by atoms with E-state index in [-0.39, 0.29) is 17.7 Å². The largest absolute Gasteiger partial charge is 0.489 e. The quantitative estimate of drug-likeness (QED) is 0.470.